The standard InChI is InChI=1S/C24H21N3O2/c1-3-20(18-8-5-4-6-9-18)23-21(14-19-10-11-22(23)27-19)24(15-25,16-26)12-7-13-29-17(2)28/h1,4-6,8-9,14,19-20,22-23,27H,10-11,13H2,2H3/t19-,20?,22+,23-/m1/s1. The summed E-state index contributed by atoms with van der Waals surface area (Å²) in [5, 5.41) is 23.5. The van der Waals surface area contributed by atoms with E-state index in [-0.39, 0.29) is 30.5 Å². The summed E-state index contributed by atoms with van der Waals surface area (Å²) in [6.07, 6.45) is 9.73. The SMILES string of the molecule is C#CC(c1ccccc1)[C@@H]1C(C(C#N)(C#N)C#CCOC(C)=O)=C[C@H]2CC[C@@H]1N2. The van der Waals surface area contributed by atoms with E-state index < -0.39 is 11.4 Å². The molecule has 5 nitrogen and oxygen atoms in total. The molecule has 1 N–H and O–H groups in total. The first-order valence-corrected chi connectivity index (χ1v) is 9.50. The van der Waals surface area contributed by atoms with E-state index in [1.165, 1.54) is 6.92 Å². The highest BCUT2D eigenvalue weighted by Gasteiger charge is 2.48. The summed E-state index contributed by atoms with van der Waals surface area (Å²) in [5.41, 5.74) is -0.0240. The molecule has 1 fully saturated rings. The number of carbonyl (C=O) groups is 1. The summed E-state index contributed by atoms with van der Waals surface area (Å²) in [4.78, 5) is 11.0. The fraction of sp³-hybridized carbons (Fsp3) is 0.375. The Morgan fingerprint density at radius 2 is 2.03 bits per heavy atom. The molecular weight excluding hydrogens is 362 g/mol. The summed E-state index contributed by atoms with van der Waals surface area (Å²) in [6, 6.07) is 14.1. The molecule has 4 atom stereocenters. The average molecular weight is 383 g/mol. The van der Waals surface area contributed by atoms with Crippen LogP contribution in [0.4, 0.5) is 0 Å². The van der Waals surface area contributed by atoms with Crippen molar-refractivity contribution in [3.8, 4) is 36.3 Å². The van der Waals surface area contributed by atoms with Crippen molar-refractivity contribution >= 4 is 5.97 Å². The lowest BCUT2D eigenvalue weighted by Gasteiger charge is -2.38. The maximum Gasteiger partial charge on any atom is 0.303 e. The number of nitrogens with zero attached hydrogens (tertiary/aromatic N) is 2. The predicted octanol–water partition coefficient (Wildman–Crippen LogP) is 2.68. The molecule has 0 amide bonds. The highest BCUT2D eigenvalue weighted by molar-refractivity contribution is 5.66. The first-order chi connectivity index (χ1) is 14.0. The molecule has 1 saturated heterocycles. The summed E-state index contributed by atoms with van der Waals surface area (Å²) in [6.45, 7) is 1.12. The molecule has 2 heterocycles. The van der Waals surface area contributed by atoms with Crippen molar-refractivity contribution in [2.45, 2.75) is 37.8 Å². The highest BCUT2D eigenvalue weighted by atomic mass is 16.5. The van der Waals surface area contributed by atoms with E-state index in [4.69, 9.17) is 11.2 Å². The van der Waals surface area contributed by atoms with Gasteiger partial charge in [-0.15, -0.1) is 6.42 Å². The first-order valence-electron chi connectivity index (χ1n) is 9.50. The minimum absolute atomic E-state index is 0.0672. The van der Waals surface area contributed by atoms with Crippen molar-refractivity contribution in [2.24, 2.45) is 11.3 Å². The van der Waals surface area contributed by atoms with Crippen LogP contribution in [0.25, 0.3) is 0 Å². The second kappa shape index (κ2) is 8.67. The molecule has 1 unspecified atom stereocenters. The van der Waals surface area contributed by atoms with Crippen molar-refractivity contribution in [1.29, 1.82) is 10.5 Å². The number of ether oxygens (including phenoxy) is 1. The summed E-state index contributed by atoms with van der Waals surface area (Å²) < 4.78 is 4.84. The van der Waals surface area contributed by atoms with Crippen LogP contribution in [0.1, 0.15) is 31.2 Å². The molecule has 0 aromatic heterocycles. The maximum atomic E-state index is 11.0. The van der Waals surface area contributed by atoms with Gasteiger partial charge >= 0.3 is 5.97 Å². The number of hydrogen-bond acceptors (Lipinski definition) is 5. The lowest BCUT2D eigenvalue weighted by Crippen LogP contribution is -2.45. The van der Waals surface area contributed by atoms with Crippen LogP contribution in [0.3, 0.4) is 0 Å². The van der Waals surface area contributed by atoms with Crippen molar-refractivity contribution in [1.82, 2.24) is 5.32 Å². The smallest absolute Gasteiger partial charge is 0.303 e. The van der Waals surface area contributed by atoms with E-state index in [1.54, 1.807) is 0 Å². The third-order valence-corrected chi connectivity index (χ3v) is 5.48. The molecular formula is C24H21N3O2. The van der Waals surface area contributed by atoms with Crippen molar-refractivity contribution in [2.75, 3.05) is 6.61 Å². The normalized spacial score (nSPS) is 23.2. The van der Waals surface area contributed by atoms with E-state index in [1.807, 2.05) is 36.4 Å². The third kappa shape index (κ3) is 4.02. The molecule has 2 bridgehead atoms. The average Bonchev–Trinajstić information content (AvgIpc) is 3.13. The van der Waals surface area contributed by atoms with Gasteiger partial charge in [0.1, 0.15) is 12.1 Å². The largest absolute Gasteiger partial charge is 0.453 e. The lowest BCUT2D eigenvalue weighted by atomic mass is 9.67. The van der Waals surface area contributed by atoms with Gasteiger partial charge in [0.2, 0.25) is 5.41 Å². The Kier molecular flexibility index (Phi) is 6.04. The molecule has 3 rings (SSSR count). The number of esters is 1. The van der Waals surface area contributed by atoms with Gasteiger partial charge in [-0.05, 0) is 24.0 Å². The first kappa shape index (κ1) is 20.2. The zero-order valence-corrected chi connectivity index (χ0v) is 16.2. The minimum atomic E-state index is -1.64. The van der Waals surface area contributed by atoms with Crippen molar-refractivity contribution in [3.05, 3.63) is 47.5 Å². The Morgan fingerprint density at radius 1 is 1.31 bits per heavy atom. The van der Waals surface area contributed by atoms with Gasteiger partial charge in [-0.1, -0.05) is 54.2 Å². The van der Waals surface area contributed by atoms with Crippen LogP contribution in [-0.4, -0.2) is 24.7 Å². The maximum absolute atomic E-state index is 11.0. The van der Waals surface area contributed by atoms with Gasteiger partial charge in [-0.2, -0.15) is 10.5 Å². The molecule has 0 saturated carbocycles. The Hall–Kier alpha value is -3.51. The second-order valence-corrected chi connectivity index (χ2v) is 7.22. The topological polar surface area (TPSA) is 85.9 Å². The minimum Gasteiger partial charge on any atom is -0.453 e. The van der Waals surface area contributed by atoms with E-state index in [0.29, 0.717) is 5.57 Å². The number of hydrogen-bond donors (Lipinski definition) is 1. The van der Waals surface area contributed by atoms with Crippen LogP contribution in [-0.2, 0) is 9.53 Å². The zero-order chi connectivity index (χ0) is 20.9. The third-order valence-electron chi connectivity index (χ3n) is 5.48. The molecule has 1 aromatic carbocycles. The number of carbonyl (C=O) groups excluding carboxylic acids is 1. The van der Waals surface area contributed by atoms with E-state index in [0.717, 1.165) is 18.4 Å². The Morgan fingerprint density at radius 3 is 2.66 bits per heavy atom. The van der Waals surface area contributed by atoms with Crippen LogP contribution >= 0.6 is 0 Å². The molecule has 2 aliphatic rings. The number of fused-ring (bicyclic) bond motifs is 2. The molecule has 5 heteroatoms. The van der Waals surface area contributed by atoms with E-state index in [9.17, 15) is 15.3 Å². The molecule has 2 aliphatic heterocycles. The number of rotatable bonds is 4. The van der Waals surface area contributed by atoms with Crippen LogP contribution < -0.4 is 5.32 Å². The number of nitrogens with one attached hydrogen (secondary N) is 1. The molecule has 29 heavy (non-hydrogen) atoms. The molecule has 1 aromatic rings. The molecule has 0 radical (unpaired) electrons. The fourth-order valence-corrected chi connectivity index (χ4v) is 4.20. The van der Waals surface area contributed by atoms with Crippen LogP contribution in [0, 0.1) is 58.2 Å². The summed E-state index contributed by atoms with van der Waals surface area (Å²) in [7, 11) is 0. The van der Waals surface area contributed by atoms with Crippen LogP contribution in [0.15, 0.2) is 42.0 Å². The van der Waals surface area contributed by atoms with Crippen molar-refractivity contribution in [3.63, 3.8) is 0 Å². The van der Waals surface area contributed by atoms with Crippen LogP contribution in [0.2, 0.25) is 0 Å². The van der Waals surface area contributed by atoms with Gasteiger partial charge in [0, 0.05) is 24.9 Å². The van der Waals surface area contributed by atoms with Gasteiger partial charge < -0.3 is 10.1 Å². The molecule has 144 valence electrons. The highest BCUT2D eigenvalue weighted by Crippen LogP contribution is 2.46. The quantitative estimate of drug-likeness (QED) is 0.491. The zero-order valence-electron chi connectivity index (χ0n) is 16.2. The Labute approximate surface area is 171 Å². The predicted molar refractivity (Wildman–Crippen MR) is 108 cm³/mol. The van der Waals surface area contributed by atoms with Gasteiger partial charge in [0.25, 0.3) is 0 Å². The number of benzene rings is 1. The number of terminal acetylenes is 1. The van der Waals surface area contributed by atoms with Crippen molar-refractivity contribution < 1.29 is 9.53 Å². The van der Waals surface area contributed by atoms with E-state index in [2.05, 4.69) is 35.2 Å². The Bertz CT molecular complexity index is 981. The summed E-state index contributed by atoms with van der Waals surface area (Å²) >= 11 is 0. The Balaban J connectivity index is 2.06. The van der Waals surface area contributed by atoms with Crippen LogP contribution in [0.5, 0.6) is 0 Å². The van der Waals surface area contributed by atoms with Gasteiger partial charge in [0.05, 0.1) is 5.92 Å². The van der Waals surface area contributed by atoms with E-state index >= 15 is 0 Å². The molecule has 0 spiro atoms. The molecule has 0 aliphatic carbocycles. The fourth-order valence-electron chi connectivity index (χ4n) is 4.20. The second-order valence-electron chi connectivity index (χ2n) is 7.22. The van der Waals surface area contributed by atoms with Gasteiger partial charge in [-0.25, -0.2) is 0 Å². The van der Waals surface area contributed by atoms with Gasteiger partial charge in [-0.3, -0.25) is 4.79 Å². The number of nitriles is 2. The monoisotopic (exact) mass is 383 g/mol. The lowest BCUT2D eigenvalue weighted by molar-refractivity contribution is -0.139. The van der Waals surface area contributed by atoms with Gasteiger partial charge in [0.15, 0.2) is 6.61 Å². The summed E-state index contributed by atoms with van der Waals surface area (Å²) in [5.74, 6) is 7.34.